The fraction of sp³-hybridized carbons (Fsp3) is 0.889. The highest BCUT2D eigenvalue weighted by Gasteiger charge is 2.32. The van der Waals surface area contributed by atoms with Gasteiger partial charge < -0.3 is 15.2 Å². The number of nitrogens with zero attached hydrogens (tertiary/aromatic N) is 1. The van der Waals surface area contributed by atoms with Crippen molar-refractivity contribution < 1.29 is 9.84 Å². The smallest absolute Gasteiger partial charge is 0.285 e. The predicted molar refractivity (Wildman–Crippen MR) is 51.8 cm³/mol. The van der Waals surface area contributed by atoms with Gasteiger partial charge in [-0.15, -0.1) is 0 Å². The summed E-state index contributed by atoms with van der Waals surface area (Å²) in [4.78, 5) is 4.26. The van der Waals surface area contributed by atoms with Crippen molar-refractivity contribution in [1.29, 1.82) is 0 Å². The van der Waals surface area contributed by atoms with Gasteiger partial charge in [-0.05, 0) is 27.7 Å². The zero-order valence-corrected chi connectivity index (χ0v) is 8.72. The Bertz CT molecular complexity index is 220. The Morgan fingerprint density at radius 3 is 2.62 bits per heavy atom. The average Bonchev–Trinajstić information content (AvgIpc) is 2.30. The van der Waals surface area contributed by atoms with Crippen LogP contribution in [0.25, 0.3) is 0 Å². The molecule has 0 radical (unpaired) electrons. The molecule has 2 N–H and O–H groups in total. The van der Waals surface area contributed by atoms with Crippen LogP contribution in [0.3, 0.4) is 0 Å². The van der Waals surface area contributed by atoms with Crippen LogP contribution in [0, 0.1) is 0 Å². The van der Waals surface area contributed by atoms with Gasteiger partial charge >= 0.3 is 0 Å². The second kappa shape index (κ2) is 3.18. The maximum absolute atomic E-state index is 9.03. The van der Waals surface area contributed by atoms with E-state index < -0.39 is 5.54 Å². The van der Waals surface area contributed by atoms with E-state index in [-0.39, 0.29) is 12.1 Å². The lowest BCUT2D eigenvalue weighted by Gasteiger charge is -2.20. The normalized spacial score (nSPS) is 28.2. The summed E-state index contributed by atoms with van der Waals surface area (Å²) in [6.45, 7) is 8.43. The Hall–Kier alpha value is -0.770. The van der Waals surface area contributed by atoms with Crippen molar-refractivity contribution in [1.82, 2.24) is 5.32 Å². The molecule has 1 unspecified atom stereocenters. The van der Waals surface area contributed by atoms with E-state index in [1.807, 2.05) is 27.7 Å². The molecular formula is C9H18N2O2. The third-order valence-electron chi connectivity index (χ3n) is 1.71. The first-order valence-electron chi connectivity index (χ1n) is 4.46. The molecule has 0 saturated carbocycles. The largest absolute Gasteiger partial charge is 0.463 e. The summed E-state index contributed by atoms with van der Waals surface area (Å²) in [6.07, 6.45) is 0. The highest BCUT2D eigenvalue weighted by atomic mass is 16.5. The van der Waals surface area contributed by atoms with Crippen LogP contribution in [-0.2, 0) is 4.74 Å². The summed E-state index contributed by atoms with van der Waals surface area (Å²) in [6, 6.07) is 0.532. The van der Waals surface area contributed by atoms with Gasteiger partial charge in [0.1, 0.15) is 12.1 Å². The lowest BCUT2D eigenvalue weighted by molar-refractivity contribution is 0.167. The number of amidine groups is 1. The lowest BCUT2D eigenvalue weighted by atomic mass is 10.1. The Morgan fingerprint density at radius 2 is 2.23 bits per heavy atom. The first kappa shape index (κ1) is 10.3. The maximum Gasteiger partial charge on any atom is 0.285 e. The Labute approximate surface area is 79.0 Å². The molecule has 1 aliphatic rings. The van der Waals surface area contributed by atoms with E-state index in [2.05, 4.69) is 10.3 Å². The first-order chi connectivity index (χ1) is 5.85. The average molecular weight is 186 g/mol. The molecule has 1 atom stereocenters. The quantitative estimate of drug-likeness (QED) is 0.627. The van der Waals surface area contributed by atoms with Crippen molar-refractivity contribution >= 4 is 6.02 Å². The van der Waals surface area contributed by atoms with Crippen LogP contribution in [0.15, 0.2) is 4.99 Å². The minimum atomic E-state index is -0.465. The molecule has 4 heteroatoms. The van der Waals surface area contributed by atoms with Gasteiger partial charge in [-0.25, -0.2) is 4.99 Å². The molecule has 0 fully saturated rings. The van der Waals surface area contributed by atoms with Gasteiger partial charge in [0.25, 0.3) is 6.02 Å². The van der Waals surface area contributed by atoms with Gasteiger partial charge in [0.2, 0.25) is 0 Å². The first-order valence-corrected chi connectivity index (χ1v) is 4.46. The van der Waals surface area contributed by atoms with Gasteiger partial charge in [0.05, 0.1) is 6.61 Å². The van der Waals surface area contributed by atoms with E-state index >= 15 is 0 Å². The van der Waals surface area contributed by atoms with Gasteiger partial charge in [0, 0.05) is 5.54 Å². The summed E-state index contributed by atoms with van der Waals surface area (Å²) in [5.41, 5.74) is -0.521. The van der Waals surface area contributed by atoms with Crippen LogP contribution in [0.4, 0.5) is 0 Å². The van der Waals surface area contributed by atoms with Crippen LogP contribution in [0.5, 0.6) is 0 Å². The van der Waals surface area contributed by atoms with Crippen LogP contribution in [0.2, 0.25) is 0 Å². The zero-order valence-electron chi connectivity index (χ0n) is 8.72. The standard InChI is InChI=1S/C9H18N2O2/c1-8(2,3)10-7-11-9(4,5-12)6-13-7/h12H,5-6H2,1-4H3,(H,10,11). The predicted octanol–water partition coefficient (Wildman–Crippen LogP) is 0.512. The van der Waals surface area contributed by atoms with Crippen molar-refractivity contribution in [3.63, 3.8) is 0 Å². The van der Waals surface area contributed by atoms with Crippen molar-refractivity contribution in [3.05, 3.63) is 0 Å². The number of nitrogens with one attached hydrogen (secondary N) is 1. The fourth-order valence-electron chi connectivity index (χ4n) is 0.999. The fourth-order valence-corrected chi connectivity index (χ4v) is 0.999. The number of ether oxygens (including phenoxy) is 1. The number of aliphatic hydroxyl groups excluding tert-OH is 1. The molecule has 1 aliphatic heterocycles. The molecule has 0 aromatic carbocycles. The second-order valence-corrected chi connectivity index (χ2v) is 4.74. The van der Waals surface area contributed by atoms with Crippen molar-refractivity contribution in [2.45, 2.75) is 38.8 Å². The Kier molecular flexibility index (Phi) is 2.52. The van der Waals surface area contributed by atoms with E-state index in [1.165, 1.54) is 0 Å². The molecule has 0 aromatic heterocycles. The Morgan fingerprint density at radius 1 is 1.62 bits per heavy atom. The summed E-state index contributed by atoms with van der Waals surface area (Å²) in [7, 11) is 0. The van der Waals surface area contributed by atoms with E-state index in [9.17, 15) is 0 Å². The number of rotatable bonds is 1. The van der Waals surface area contributed by atoms with Crippen LogP contribution in [0.1, 0.15) is 27.7 Å². The summed E-state index contributed by atoms with van der Waals surface area (Å²) in [5, 5.41) is 12.2. The van der Waals surface area contributed by atoms with E-state index in [0.29, 0.717) is 12.6 Å². The van der Waals surface area contributed by atoms with Crippen LogP contribution >= 0.6 is 0 Å². The van der Waals surface area contributed by atoms with E-state index in [0.717, 1.165) is 0 Å². The third-order valence-corrected chi connectivity index (χ3v) is 1.71. The van der Waals surface area contributed by atoms with Crippen LogP contribution < -0.4 is 5.32 Å². The van der Waals surface area contributed by atoms with Crippen molar-refractivity contribution in [2.24, 2.45) is 4.99 Å². The van der Waals surface area contributed by atoms with Gasteiger partial charge in [-0.2, -0.15) is 0 Å². The molecule has 0 amide bonds. The molecule has 76 valence electrons. The van der Waals surface area contributed by atoms with E-state index in [1.54, 1.807) is 0 Å². The topological polar surface area (TPSA) is 53.9 Å². The third kappa shape index (κ3) is 2.88. The molecule has 0 saturated heterocycles. The van der Waals surface area contributed by atoms with Crippen molar-refractivity contribution in [3.8, 4) is 0 Å². The molecule has 13 heavy (non-hydrogen) atoms. The van der Waals surface area contributed by atoms with E-state index in [4.69, 9.17) is 9.84 Å². The van der Waals surface area contributed by atoms with Crippen molar-refractivity contribution in [2.75, 3.05) is 13.2 Å². The summed E-state index contributed by atoms with van der Waals surface area (Å²) < 4.78 is 5.31. The van der Waals surface area contributed by atoms with Gasteiger partial charge in [-0.3, -0.25) is 0 Å². The number of hydrogen-bond acceptors (Lipinski definition) is 4. The molecule has 0 aromatic rings. The highest BCUT2D eigenvalue weighted by molar-refractivity contribution is 5.76. The lowest BCUT2D eigenvalue weighted by Crippen LogP contribution is -2.40. The van der Waals surface area contributed by atoms with Gasteiger partial charge in [-0.1, -0.05) is 0 Å². The molecular weight excluding hydrogens is 168 g/mol. The molecule has 1 heterocycles. The van der Waals surface area contributed by atoms with Gasteiger partial charge in [0.15, 0.2) is 0 Å². The Balaban J connectivity index is 2.60. The number of hydrogen-bond donors (Lipinski definition) is 2. The maximum atomic E-state index is 9.03. The summed E-state index contributed by atoms with van der Waals surface area (Å²) >= 11 is 0. The van der Waals surface area contributed by atoms with Crippen LogP contribution in [-0.4, -0.2) is 35.4 Å². The molecule has 4 nitrogen and oxygen atoms in total. The summed E-state index contributed by atoms with van der Waals surface area (Å²) in [5.74, 6) is 0. The zero-order chi connectivity index (χ0) is 10.1. The minimum Gasteiger partial charge on any atom is -0.463 e. The molecule has 0 bridgehead atoms. The SMILES string of the molecule is CC1(CO)COC(NC(C)(C)C)=N1. The highest BCUT2D eigenvalue weighted by Crippen LogP contribution is 2.17. The molecule has 0 spiro atoms. The monoisotopic (exact) mass is 186 g/mol. The number of aliphatic hydroxyl groups is 1. The molecule has 1 rings (SSSR count). The molecule has 0 aliphatic carbocycles. The minimum absolute atomic E-state index is 0.0162. The second-order valence-electron chi connectivity index (χ2n) is 4.74. The number of aliphatic imine (C=N–C) groups is 1.